The van der Waals surface area contributed by atoms with Gasteiger partial charge in [0.15, 0.2) is 33.1 Å². The second-order valence-electron chi connectivity index (χ2n) is 3.13. The first-order chi connectivity index (χ1) is 7.77. The summed E-state index contributed by atoms with van der Waals surface area (Å²) in [5.41, 5.74) is -1.24. The highest BCUT2D eigenvalue weighted by atomic mass is 32.2. The van der Waals surface area contributed by atoms with E-state index >= 15 is 0 Å². The van der Waals surface area contributed by atoms with Gasteiger partial charge in [0, 0.05) is 0 Å². The summed E-state index contributed by atoms with van der Waals surface area (Å²) in [4.78, 5) is -1.65. The van der Waals surface area contributed by atoms with E-state index in [1.807, 2.05) is 0 Å². The van der Waals surface area contributed by atoms with Gasteiger partial charge in [-0.05, 0) is 0 Å². The Hall–Kier alpha value is -1.15. The average Bonchev–Trinajstić information content (AvgIpc) is 2.27. The number of hydrogen-bond acceptors (Lipinski definition) is 3. The standard InChI is InChI=1S/C9H8F4O3S/c1-2-17(15,16)9-7(12)5(10)4(3-14)6(11)8(9)13/h14H,2-3H2,1H3. The topological polar surface area (TPSA) is 54.4 Å². The SMILES string of the molecule is CCS(=O)(=O)c1c(F)c(F)c(CO)c(F)c1F. The molecule has 1 aromatic carbocycles. The van der Waals surface area contributed by atoms with Gasteiger partial charge in [-0.15, -0.1) is 0 Å². The zero-order chi connectivity index (χ0) is 13.4. The molecular weight excluding hydrogens is 264 g/mol. The molecule has 0 saturated carbocycles. The van der Waals surface area contributed by atoms with Crippen molar-refractivity contribution in [1.29, 1.82) is 0 Å². The first-order valence-corrected chi connectivity index (χ1v) is 6.11. The summed E-state index contributed by atoms with van der Waals surface area (Å²) < 4.78 is 75.5. The van der Waals surface area contributed by atoms with E-state index in [-0.39, 0.29) is 0 Å². The largest absolute Gasteiger partial charge is 0.391 e. The molecule has 0 unspecified atom stereocenters. The van der Waals surface area contributed by atoms with E-state index in [9.17, 15) is 26.0 Å². The fraction of sp³-hybridized carbons (Fsp3) is 0.333. The number of benzene rings is 1. The van der Waals surface area contributed by atoms with E-state index in [0.29, 0.717) is 0 Å². The first-order valence-electron chi connectivity index (χ1n) is 4.46. The van der Waals surface area contributed by atoms with Crippen LogP contribution < -0.4 is 0 Å². The monoisotopic (exact) mass is 272 g/mol. The summed E-state index contributed by atoms with van der Waals surface area (Å²) >= 11 is 0. The Morgan fingerprint density at radius 1 is 1.00 bits per heavy atom. The van der Waals surface area contributed by atoms with Gasteiger partial charge in [0.05, 0.1) is 17.9 Å². The molecule has 1 aromatic rings. The predicted octanol–water partition coefficient (Wildman–Crippen LogP) is 1.53. The third kappa shape index (κ3) is 2.14. The minimum atomic E-state index is -4.44. The Bertz CT molecular complexity index is 525. The van der Waals surface area contributed by atoms with E-state index in [1.165, 1.54) is 0 Å². The van der Waals surface area contributed by atoms with Gasteiger partial charge < -0.3 is 5.11 Å². The summed E-state index contributed by atoms with van der Waals surface area (Å²) in [7, 11) is -4.44. The fourth-order valence-corrected chi connectivity index (χ4v) is 2.23. The quantitative estimate of drug-likeness (QED) is 0.670. The van der Waals surface area contributed by atoms with Crippen LogP contribution in [0.25, 0.3) is 0 Å². The van der Waals surface area contributed by atoms with Crippen molar-refractivity contribution in [2.24, 2.45) is 0 Å². The van der Waals surface area contributed by atoms with Gasteiger partial charge in [-0.2, -0.15) is 0 Å². The molecule has 0 spiro atoms. The van der Waals surface area contributed by atoms with Gasteiger partial charge in [-0.1, -0.05) is 6.92 Å². The molecule has 17 heavy (non-hydrogen) atoms. The second kappa shape index (κ2) is 4.61. The van der Waals surface area contributed by atoms with Gasteiger partial charge in [-0.3, -0.25) is 0 Å². The maximum atomic E-state index is 13.3. The molecule has 0 heterocycles. The van der Waals surface area contributed by atoms with Crippen molar-refractivity contribution in [3.63, 3.8) is 0 Å². The van der Waals surface area contributed by atoms with Crippen LogP contribution in [0.15, 0.2) is 4.90 Å². The van der Waals surface area contributed by atoms with Gasteiger partial charge in [0.25, 0.3) is 0 Å². The lowest BCUT2D eigenvalue weighted by Gasteiger charge is -2.10. The third-order valence-corrected chi connectivity index (χ3v) is 3.90. The van der Waals surface area contributed by atoms with Crippen LogP contribution in [0.3, 0.4) is 0 Å². The fourth-order valence-electron chi connectivity index (χ4n) is 1.21. The number of sulfone groups is 1. The Morgan fingerprint density at radius 3 is 1.71 bits per heavy atom. The van der Waals surface area contributed by atoms with E-state index in [4.69, 9.17) is 5.11 Å². The average molecular weight is 272 g/mol. The Kier molecular flexibility index (Phi) is 3.78. The lowest BCUT2D eigenvalue weighted by molar-refractivity contribution is 0.260. The minimum Gasteiger partial charge on any atom is -0.391 e. The number of halogens is 4. The molecule has 1 N–H and O–H groups in total. The lowest BCUT2D eigenvalue weighted by Crippen LogP contribution is -2.15. The highest BCUT2D eigenvalue weighted by Crippen LogP contribution is 2.28. The van der Waals surface area contributed by atoms with Crippen molar-refractivity contribution in [3.05, 3.63) is 28.8 Å². The molecule has 0 amide bonds. The Balaban J connectivity index is 3.78. The molecule has 0 bridgehead atoms. The minimum absolute atomic E-state index is 0.710. The molecule has 96 valence electrons. The van der Waals surface area contributed by atoms with Gasteiger partial charge in [0.1, 0.15) is 4.90 Å². The molecule has 0 atom stereocenters. The second-order valence-corrected chi connectivity index (χ2v) is 5.34. The van der Waals surface area contributed by atoms with Crippen LogP contribution in [0.5, 0.6) is 0 Å². The van der Waals surface area contributed by atoms with Gasteiger partial charge >= 0.3 is 0 Å². The van der Waals surface area contributed by atoms with E-state index in [0.717, 1.165) is 6.92 Å². The Labute approximate surface area is 94.6 Å². The predicted molar refractivity (Wildman–Crippen MR) is 49.9 cm³/mol. The smallest absolute Gasteiger partial charge is 0.184 e. The van der Waals surface area contributed by atoms with Gasteiger partial charge in [0.2, 0.25) is 0 Å². The zero-order valence-electron chi connectivity index (χ0n) is 8.60. The number of rotatable bonds is 3. The molecule has 0 saturated heterocycles. The van der Waals surface area contributed by atoms with Crippen molar-refractivity contribution in [3.8, 4) is 0 Å². The molecule has 1 rings (SSSR count). The highest BCUT2D eigenvalue weighted by molar-refractivity contribution is 7.91. The lowest BCUT2D eigenvalue weighted by atomic mass is 10.2. The van der Waals surface area contributed by atoms with Crippen LogP contribution in [-0.2, 0) is 16.4 Å². The van der Waals surface area contributed by atoms with Crippen LogP contribution in [-0.4, -0.2) is 19.3 Å². The maximum Gasteiger partial charge on any atom is 0.184 e. The number of aliphatic hydroxyl groups excluding tert-OH is 1. The molecular formula is C9H8F4O3S. The van der Waals surface area contributed by atoms with Crippen LogP contribution >= 0.6 is 0 Å². The molecule has 0 fully saturated rings. The normalized spacial score (nSPS) is 11.9. The molecule has 0 aliphatic carbocycles. The van der Waals surface area contributed by atoms with Crippen molar-refractivity contribution < 1.29 is 31.1 Å². The van der Waals surface area contributed by atoms with E-state index < -0.39 is 55.9 Å². The maximum absolute atomic E-state index is 13.3. The van der Waals surface area contributed by atoms with Crippen LogP contribution in [0, 0.1) is 23.3 Å². The first kappa shape index (κ1) is 13.9. The summed E-state index contributed by atoms with van der Waals surface area (Å²) in [5.74, 6) is -8.56. The summed E-state index contributed by atoms with van der Waals surface area (Å²) in [6, 6.07) is 0. The molecule has 0 aromatic heterocycles. The highest BCUT2D eigenvalue weighted by Gasteiger charge is 2.31. The molecule has 0 aliphatic heterocycles. The van der Waals surface area contributed by atoms with Crippen LogP contribution in [0.1, 0.15) is 12.5 Å². The van der Waals surface area contributed by atoms with Crippen molar-refractivity contribution in [1.82, 2.24) is 0 Å². The number of aliphatic hydroxyl groups is 1. The molecule has 0 radical (unpaired) electrons. The van der Waals surface area contributed by atoms with Crippen molar-refractivity contribution >= 4 is 9.84 Å². The zero-order valence-corrected chi connectivity index (χ0v) is 9.41. The molecule has 3 nitrogen and oxygen atoms in total. The Morgan fingerprint density at radius 2 is 1.41 bits per heavy atom. The summed E-state index contributed by atoms with van der Waals surface area (Å²) in [6.45, 7) is -0.206. The molecule has 0 aliphatic rings. The van der Waals surface area contributed by atoms with Crippen molar-refractivity contribution in [2.45, 2.75) is 18.4 Å². The van der Waals surface area contributed by atoms with Crippen LogP contribution in [0.2, 0.25) is 0 Å². The summed E-state index contributed by atoms with van der Waals surface area (Å²) in [6.07, 6.45) is 0. The van der Waals surface area contributed by atoms with Crippen LogP contribution in [0.4, 0.5) is 17.6 Å². The van der Waals surface area contributed by atoms with Gasteiger partial charge in [-0.25, -0.2) is 26.0 Å². The number of hydrogen-bond donors (Lipinski definition) is 1. The van der Waals surface area contributed by atoms with E-state index in [1.54, 1.807) is 0 Å². The van der Waals surface area contributed by atoms with Crippen molar-refractivity contribution in [2.75, 3.05) is 5.75 Å². The van der Waals surface area contributed by atoms with E-state index in [2.05, 4.69) is 0 Å². The molecule has 8 heteroatoms. The summed E-state index contributed by atoms with van der Waals surface area (Å²) in [5, 5.41) is 8.54. The third-order valence-electron chi connectivity index (χ3n) is 2.16.